The SMILES string of the molecule is C=CC(=C)C=CC(=O)c1ccc(N2CCN(CCC)CC2)cc1. The van der Waals surface area contributed by atoms with Gasteiger partial charge in [-0.1, -0.05) is 32.2 Å². The van der Waals surface area contributed by atoms with Gasteiger partial charge in [0.05, 0.1) is 0 Å². The van der Waals surface area contributed by atoms with Gasteiger partial charge in [0.25, 0.3) is 0 Å². The Morgan fingerprint density at radius 2 is 1.78 bits per heavy atom. The summed E-state index contributed by atoms with van der Waals surface area (Å²) in [6, 6.07) is 7.88. The van der Waals surface area contributed by atoms with Crippen LogP contribution in [0.4, 0.5) is 5.69 Å². The van der Waals surface area contributed by atoms with Crippen molar-refractivity contribution in [1.82, 2.24) is 4.90 Å². The zero-order valence-corrected chi connectivity index (χ0v) is 14.0. The Hall–Kier alpha value is -2.13. The van der Waals surface area contributed by atoms with E-state index in [9.17, 15) is 4.79 Å². The van der Waals surface area contributed by atoms with E-state index in [1.165, 1.54) is 18.7 Å². The standard InChI is InChI=1S/C20H26N2O/c1-4-12-21-13-15-22(16-14-21)19-9-7-18(8-10-19)20(23)11-6-17(3)5-2/h5-11H,2-4,12-16H2,1H3. The predicted octanol–water partition coefficient (Wildman–Crippen LogP) is 3.70. The van der Waals surface area contributed by atoms with Crippen molar-refractivity contribution in [2.24, 2.45) is 0 Å². The molecule has 0 radical (unpaired) electrons. The van der Waals surface area contributed by atoms with Gasteiger partial charge >= 0.3 is 0 Å². The van der Waals surface area contributed by atoms with Crippen molar-refractivity contribution in [3.05, 3.63) is 66.8 Å². The predicted molar refractivity (Wildman–Crippen MR) is 98.2 cm³/mol. The molecule has 0 N–H and O–H groups in total. The summed E-state index contributed by atoms with van der Waals surface area (Å²) in [5.74, 6) is -0.00712. The molecule has 1 aromatic rings. The molecule has 122 valence electrons. The summed E-state index contributed by atoms with van der Waals surface area (Å²) in [6.45, 7) is 15.1. The molecule has 1 aliphatic heterocycles. The lowest BCUT2D eigenvalue weighted by molar-refractivity contribution is 0.104. The third kappa shape index (κ3) is 4.93. The number of nitrogens with zero attached hydrogens (tertiary/aromatic N) is 2. The Morgan fingerprint density at radius 1 is 1.13 bits per heavy atom. The van der Waals surface area contributed by atoms with Crippen molar-refractivity contribution >= 4 is 11.5 Å². The quantitative estimate of drug-likeness (QED) is 0.436. The minimum Gasteiger partial charge on any atom is -0.369 e. The van der Waals surface area contributed by atoms with Gasteiger partial charge in [-0.15, -0.1) is 0 Å². The van der Waals surface area contributed by atoms with Gasteiger partial charge in [-0.2, -0.15) is 0 Å². The lowest BCUT2D eigenvalue weighted by atomic mass is 10.1. The molecule has 3 nitrogen and oxygen atoms in total. The van der Waals surface area contributed by atoms with E-state index >= 15 is 0 Å². The highest BCUT2D eigenvalue weighted by atomic mass is 16.1. The molecule has 1 aromatic carbocycles. The molecule has 1 heterocycles. The Kier molecular flexibility index (Phi) is 6.36. The van der Waals surface area contributed by atoms with Gasteiger partial charge in [0.15, 0.2) is 5.78 Å². The number of carbonyl (C=O) groups excluding carboxylic acids is 1. The number of hydrogen-bond acceptors (Lipinski definition) is 3. The average molecular weight is 310 g/mol. The topological polar surface area (TPSA) is 23.6 Å². The average Bonchev–Trinajstić information content (AvgIpc) is 2.60. The number of ketones is 1. The number of allylic oxidation sites excluding steroid dienone is 4. The molecule has 0 atom stereocenters. The van der Waals surface area contributed by atoms with E-state index in [4.69, 9.17) is 0 Å². The van der Waals surface area contributed by atoms with Crippen LogP contribution in [-0.2, 0) is 0 Å². The summed E-state index contributed by atoms with van der Waals surface area (Å²) in [7, 11) is 0. The summed E-state index contributed by atoms with van der Waals surface area (Å²) in [5, 5.41) is 0. The molecule has 1 fully saturated rings. The van der Waals surface area contributed by atoms with Crippen LogP contribution in [0, 0.1) is 0 Å². The number of rotatable bonds is 7. The first-order chi connectivity index (χ1) is 11.1. The zero-order valence-electron chi connectivity index (χ0n) is 14.0. The number of hydrogen-bond donors (Lipinski definition) is 0. The lowest BCUT2D eigenvalue weighted by Gasteiger charge is -2.36. The normalized spacial score (nSPS) is 15.8. The zero-order chi connectivity index (χ0) is 16.7. The highest BCUT2D eigenvalue weighted by molar-refractivity contribution is 6.04. The van der Waals surface area contributed by atoms with Crippen LogP contribution in [0.3, 0.4) is 0 Å². The molecule has 0 saturated carbocycles. The molecule has 23 heavy (non-hydrogen) atoms. The van der Waals surface area contributed by atoms with Crippen LogP contribution in [0.2, 0.25) is 0 Å². The van der Waals surface area contributed by atoms with Gasteiger partial charge in [-0.3, -0.25) is 9.69 Å². The molecular weight excluding hydrogens is 284 g/mol. The Labute approximate surface area is 139 Å². The van der Waals surface area contributed by atoms with Gasteiger partial charge in [0.1, 0.15) is 0 Å². The lowest BCUT2D eigenvalue weighted by Crippen LogP contribution is -2.46. The third-order valence-corrected chi connectivity index (χ3v) is 4.14. The summed E-state index contributed by atoms with van der Waals surface area (Å²) in [6.07, 6.45) is 6.08. The second-order valence-corrected chi connectivity index (χ2v) is 5.85. The van der Waals surface area contributed by atoms with Gasteiger partial charge < -0.3 is 4.90 Å². The fraction of sp³-hybridized carbons (Fsp3) is 0.350. The molecule has 3 heteroatoms. The highest BCUT2D eigenvalue weighted by Gasteiger charge is 2.16. The van der Waals surface area contributed by atoms with Crippen LogP contribution >= 0.6 is 0 Å². The molecule has 1 aliphatic rings. The number of piperazine rings is 1. The van der Waals surface area contributed by atoms with E-state index in [2.05, 4.69) is 29.9 Å². The monoisotopic (exact) mass is 310 g/mol. The van der Waals surface area contributed by atoms with Crippen LogP contribution in [0.5, 0.6) is 0 Å². The second-order valence-electron chi connectivity index (χ2n) is 5.85. The molecule has 0 unspecified atom stereocenters. The van der Waals surface area contributed by atoms with Crippen molar-refractivity contribution in [3.63, 3.8) is 0 Å². The van der Waals surface area contributed by atoms with E-state index < -0.39 is 0 Å². The highest BCUT2D eigenvalue weighted by Crippen LogP contribution is 2.18. The van der Waals surface area contributed by atoms with Gasteiger partial charge in [0.2, 0.25) is 0 Å². The summed E-state index contributed by atoms with van der Waals surface area (Å²) in [5.41, 5.74) is 2.63. The second kappa shape index (κ2) is 8.49. The van der Waals surface area contributed by atoms with Crippen molar-refractivity contribution in [2.75, 3.05) is 37.6 Å². The molecule has 0 aromatic heterocycles. The van der Waals surface area contributed by atoms with Crippen LogP contribution in [0.15, 0.2) is 61.2 Å². The maximum atomic E-state index is 12.1. The first-order valence-electron chi connectivity index (χ1n) is 8.25. The van der Waals surface area contributed by atoms with Crippen molar-refractivity contribution in [3.8, 4) is 0 Å². The maximum absolute atomic E-state index is 12.1. The van der Waals surface area contributed by atoms with E-state index in [-0.39, 0.29) is 5.78 Å². The Morgan fingerprint density at radius 3 is 2.35 bits per heavy atom. The molecule has 0 amide bonds. The Bertz CT molecular complexity index is 578. The van der Waals surface area contributed by atoms with Crippen molar-refractivity contribution < 1.29 is 4.79 Å². The first-order valence-corrected chi connectivity index (χ1v) is 8.25. The minimum atomic E-state index is -0.00712. The summed E-state index contributed by atoms with van der Waals surface area (Å²) in [4.78, 5) is 17.0. The molecule has 1 saturated heterocycles. The van der Waals surface area contributed by atoms with Crippen LogP contribution in [-0.4, -0.2) is 43.4 Å². The molecule has 0 spiro atoms. The largest absolute Gasteiger partial charge is 0.369 e. The summed E-state index contributed by atoms with van der Waals surface area (Å²) >= 11 is 0. The smallest absolute Gasteiger partial charge is 0.185 e. The van der Waals surface area contributed by atoms with Gasteiger partial charge in [0, 0.05) is 37.4 Å². The van der Waals surface area contributed by atoms with Crippen LogP contribution in [0.1, 0.15) is 23.7 Å². The number of benzene rings is 1. The first kappa shape index (κ1) is 17.2. The van der Waals surface area contributed by atoms with Gasteiger partial charge in [-0.05, 0) is 48.9 Å². The molecule has 0 bridgehead atoms. The van der Waals surface area contributed by atoms with E-state index in [0.29, 0.717) is 5.56 Å². The number of carbonyl (C=O) groups is 1. The van der Waals surface area contributed by atoms with Crippen LogP contribution < -0.4 is 4.90 Å². The number of anilines is 1. The minimum absolute atomic E-state index is 0.00712. The van der Waals surface area contributed by atoms with E-state index in [0.717, 1.165) is 31.8 Å². The molecule has 0 aliphatic carbocycles. The van der Waals surface area contributed by atoms with Crippen molar-refractivity contribution in [1.29, 1.82) is 0 Å². The third-order valence-electron chi connectivity index (χ3n) is 4.14. The van der Waals surface area contributed by atoms with E-state index in [1.807, 2.05) is 24.3 Å². The summed E-state index contributed by atoms with van der Waals surface area (Å²) < 4.78 is 0. The van der Waals surface area contributed by atoms with Gasteiger partial charge in [-0.25, -0.2) is 0 Å². The Balaban J connectivity index is 1.95. The van der Waals surface area contributed by atoms with E-state index in [1.54, 1.807) is 18.2 Å². The molecule has 2 rings (SSSR count). The van der Waals surface area contributed by atoms with Crippen LogP contribution in [0.25, 0.3) is 0 Å². The maximum Gasteiger partial charge on any atom is 0.185 e. The van der Waals surface area contributed by atoms with Crippen molar-refractivity contribution in [2.45, 2.75) is 13.3 Å². The molecular formula is C20H26N2O. The fourth-order valence-corrected chi connectivity index (χ4v) is 2.73. The fourth-order valence-electron chi connectivity index (χ4n) is 2.73.